The molecule has 1 aliphatic heterocycles. The standard InChI is InChI=1S/C20H29N5OS/c1-15-22-12-18(27-15)13-23-20(21-2)24-14-19(25-10-4-5-11-25)16-6-8-17(26-3)9-7-16/h6-9,12,19H,4-5,10-11,13-14H2,1-3H3,(H2,21,23,24). The number of likely N-dealkylation sites (tertiary alicyclic amines) is 1. The van der Waals surface area contributed by atoms with Gasteiger partial charge in [0.2, 0.25) is 0 Å². The van der Waals surface area contributed by atoms with Crippen molar-refractivity contribution in [3.8, 4) is 5.75 Å². The van der Waals surface area contributed by atoms with E-state index in [0.717, 1.165) is 42.9 Å². The Kier molecular flexibility index (Phi) is 7.06. The highest BCUT2D eigenvalue weighted by atomic mass is 32.1. The van der Waals surface area contributed by atoms with E-state index < -0.39 is 0 Å². The van der Waals surface area contributed by atoms with Crippen LogP contribution in [0.25, 0.3) is 0 Å². The van der Waals surface area contributed by atoms with Crippen LogP contribution in [-0.2, 0) is 6.54 Å². The van der Waals surface area contributed by atoms with Crippen molar-refractivity contribution >= 4 is 17.3 Å². The molecule has 0 bridgehead atoms. The first-order valence-electron chi connectivity index (χ1n) is 9.43. The van der Waals surface area contributed by atoms with Gasteiger partial charge >= 0.3 is 0 Å². The minimum atomic E-state index is 0.322. The molecule has 1 fully saturated rings. The Hall–Kier alpha value is -2.12. The number of aromatic nitrogens is 1. The number of hydrogen-bond donors (Lipinski definition) is 2. The van der Waals surface area contributed by atoms with Gasteiger partial charge in [-0.1, -0.05) is 12.1 Å². The number of rotatable bonds is 7. The molecule has 27 heavy (non-hydrogen) atoms. The number of guanidine groups is 1. The first-order valence-corrected chi connectivity index (χ1v) is 10.2. The lowest BCUT2D eigenvalue weighted by atomic mass is 10.1. The SMILES string of the molecule is CN=C(NCc1cnc(C)s1)NCC(c1ccc(OC)cc1)N1CCCC1. The van der Waals surface area contributed by atoms with Crippen molar-refractivity contribution in [2.24, 2.45) is 4.99 Å². The third kappa shape index (κ3) is 5.43. The van der Waals surface area contributed by atoms with Gasteiger partial charge in [0.05, 0.1) is 24.7 Å². The molecule has 0 radical (unpaired) electrons. The third-order valence-electron chi connectivity index (χ3n) is 4.87. The lowest BCUT2D eigenvalue weighted by Crippen LogP contribution is -2.42. The van der Waals surface area contributed by atoms with Gasteiger partial charge in [0, 0.05) is 24.7 Å². The molecule has 1 saturated heterocycles. The summed E-state index contributed by atoms with van der Waals surface area (Å²) in [5.41, 5.74) is 1.30. The molecule has 0 spiro atoms. The summed E-state index contributed by atoms with van der Waals surface area (Å²) >= 11 is 1.71. The van der Waals surface area contributed by atoms with Crippen molar-refractivity contribution in [3.63, 3.8) is 0 Å². The Labute approximate surface area is 165 Å². The summed E-state index contributed by atoms with van der Waals surface area (Å²) in [4.78, 5) is 12.4. The largest absolute Gasteiger partial charge is 0.497 e. The molecule has 2 heterocycles. The van der Waals surface area contributed by atoms with Gasteiger partial charge in [-0.3, -0.25) is 9.89 Å². The molecule has 1 aromatic heterocycles. The summed E-state index contributed by atoms with van der Waals surface area (Å²) in [6.07, 6.45) is 4.46. The Morgan fingerprint density at radius 2 is 2.00 bits per heavy atom. The first-order chi connectivity index (χ1) is 13.2. The molecule has 0 aliphatic carbocycles. The van der Waals surface area contributed by atoms with E-state index in [4.69, 9.17) is 4.74 Å². The predicted octanol–water partition coefficient (Wildman–Crippen LogP) is 2.96. The highest BCUT2D eigenvalue weighted by Gasteiger charge is 2.23. The van der Waals surface area contributed by atoms with Crippen LogP contribution >= 0.6 is 11.3 Å². The zero-order chi connectivity index (χ0) is 19.1. The number of benzene rings is 1. The number of ether oxygens (including phenoxy) is 1. The van der Waals surface area contributed by atoms with E-state index in [9.17, 15) is 0 Å². The molecule has 1 unspecified atom stereocenters. The summed E-state index contributed by atoms with van der Waals surface area (Å²) in [6.45, 7) is 5.86. The summed E-state index contributed by atoms with van der Waals surface area (Å²) in [6, 6.07) is 8.73. The van der Waals surface area contributed by atoms with E-state index in [2.05, 4.69) is 37.6 Å². The summed E-state index contributed by atoms with van der Waals surface area (Å²) in [7, 11) is 3.51. The summed E-state index contributed by atoms with van der Waals surface area (Å²) < 4.78 is 5.30. The molecule has 7 heteroatoms. The molecule has 0 amide bonds. The van der Waals surface area contributed by atoms with Crippen LogP contribution < -0.4 is 15.4 Å². The van der Waals surface area contributed by atoms with Crippen molar-refractivity contribution in [2.75, 3.05) is 33.8 Å². The van der Waals surface area contributed by atoms with Crippen molar-refractivity contribution in [1.82, 2.24) is 20.5 Å². The molecular weight excluding hydrogens is 358 g/mol. The van der Waals surface area contributed by atoms with Gasteiger partial charge in [-0.15, -0.1) is 11.3 Å². The predicted molar refractivity (Wildman–Crippen MR) is 112 cm³/mol. The second-order valence-corrected chi connectivity index (χ2v) is 8.00. The second-order valence-electron chi connectivity index (χ2n) is 6.68. The van der Waals surface area contributed by atoms with E-state index in [-0.39, 0.29) is 0 Å². The van der Waals surface area contributed by atoms with Crippen LogP contribution in [0.4, 0.5) is 0 Å². The average Bonchev–Trinajstić information content (AvgIpc) is 3.37. The number of hydrogen-bond acceptors (Lipinski definition) is 5. The zero-order valence-corrected chi connectivity index (χ0v) is 17.2. The number of methoxy groups -OCH3 is 1. The van der Waals surface area contributed by atoms with E-state index in [1.807, 2.05) is 32.3 Å². The normalized spacial score (nSPS) is 16.3. The zero-order valence-electron chi connectivity index (χ0n) is 16.4. The summed E-state index contributed by atoms with van der Waals surface area (Å²) in [5.74, 6) is 1.71. The van der Waals surface area contributed by atoms with Gasteiger partial charge in [-0.05, 0) is 50.6 Å². The van der Waals surface area contributed by atoms with Crippen molar-refractivity contribution < 1.29 is 4.74 Å². The number of nitrogens with one attached hydrogen (secondary N) is 2. The monoisotopic (exact) mass is 387 g/mol. The molecular formula is C20H29N5OS. The Morgan fingerprint density at radius 3 is 2.59 bits per heavy atom. The van der Waals surface area contributed by atoms with Crippen LogP contribution in [0.3, 0.4) is 0 Å². The van der Waals surface area contributed by atoms with Gasteiger partial charge in [0.25, 0.3) is 0 Å². The van der Waals surface area contributed by atoms with E-state index in [1.165, 1.54) is 23.3 Å². The van der Waals surface area contributed by atoms with Crippen LogP contribution in [-0.4, -0.2) is 49.6 Å². The van der Waals surface area contributed by atoms with Crippen molar-refractivity contribution in [1.29, 1.82) is 0 Å². The highest BCUT2D eigenvalue weighted by molar-refractivity contribution is 7.11. The van der Waals surface area contributed by atoms with Crippen LogP contribution in [0, 0.1) is 6.92 Å². The maximum Gasteiger partial charge on any atom is 0.191 e. The molecule has 1 aliphatic rings. The quantitative estimate of drug-likeness (QED) is 0.565. The van der Waals surface area contributed by atoms with Crippen molar-refractivity contribution in [2.45, 2.75) is 32.4 Å². The van der Waals surface area contributed by atoms with Crippen LogP contribution in [0.5, 0.6) is 5.75 Å². The van der Waals surface area contributed by atoms with Crippen LogP contribution in [0.1, 0.15) is 34.3 Å². The van der Waals surface area contributed by atoms with Gasteiger partial charge in [0.1, 0.15) is 5.75 Å². The highest BCUT2D eigenvalue weighted by Crippen LogP contribution is 2.26. The molecule has 3 rings (SSSR count). The topological polar surface area (TPSA) is 61.8 Å². The molecule has 6 nitrogen and oxygen atoms in total. The molecule has 2 aromatic rings. The van der Waals surface area contributed by atoms with Gasteiger partial charge in [-0.25, -0.2) is 4.98 Å². The Balaban J connectivity index is 1.62. The molecule has 146 valence electrons. The van der Waals surface area contributed by atoms with Gasteiger partial charge in [0.15, 0.2) is 5.96 Å². The molecule has 1 atom stereocenters. The lowest BCUT2D eigenvalue weighted by molar-refractivity contribution is 0.245. The average molecular weight is 388 g/mol. The molecule has 0 saturated carbocycles. The Bertz CT molecular complexity index is 737. The molecule has 1 aromatic carbocycles. The number of aryl methyl sites for hydroxylation is 1. The fourth-order valence-corrected chi connectivity index (χ4v) is 4.14. The first kappa shape index (κ1) is 19.6. The van der Waals surface area contributed by atoms with E-state index in [0.29, 0.717) is 6.04 Å². The fraction of sp³-hybridized carbons (Fsp3) is 0.500. The number of nitrogens with zero attached hydrogens (tertiary/aromatic N) is 3. The number of thiazole rings is 1. The minimum absolute atomic E-state index is 0.322. The van der Waals surface area contributed by atoms with E-state index in [1.54, 1.807) is 18.4 Å². The summed E-state index contributed by atoms with van der Waals surface area (Å²) in [5, 5.41) is 7.97. The molecule has 2 N–H and O–H groups in total. The van der Waals surface area contributed by atoms with Gasteiger partial charge < -0.3 is 15.4 Å². The smallest absolute Gasteiger partial charge is 0.191 e. The van der Waals surface area contributed by atoms with E-state index >= 15 is 0 Å². The maximum absolute atomic E-state index is 5.30. The maximum atomic E-state index is 5.30. The fourth-order valence-electron chi connectivity index (χ4n) is 3.41. The lowest BCUT2D eigenvalue weighted by Gasteiger charge is -2.29. The number of aliphatic imine (C=N–C) groups is 1. The van der Waals surface area contributed by atoms with Crippen LogP contribution in [0.15, 0.2) is 35.5 Å². The second kappa shape index (κ2) is 9.71. The third-order valence-corrected chi connectivity index (χ3v) is 5.78. The van der Waals surface area contributed by atoms with Crippen molar-refractivity contribution in [3.05, 3.63) is 45.9 Å². The Morgan fingerprint density at radius 1 is 1.26 bits per heavy atom. The van der Waals surface area contributed by atoms with Gasteiger partial charge in [-0.2, -0.15) is 0 Å². The minimum Gasteiger partial charge on any atom is -0.497 e. The van der Waals surface area contributed by atoms with Crippen LogP contribution in [0.2, 0.25) is 0 Å².